The molecule has 0 saturated carbocycles. The molecule has 0 rings (SSSR count). The maximum Gasteiger partial charge on any atom is 0.0818 e. The molecule has 3 heteroatoms. The van der Waals surface area contributed by atoms with Crippen molar-refractivity contribution >= 4 is 0 Å². The summed E-state index contributed by atoms with van der Waals surface area (Å²) in [6.07, 6.45) is 16.0. The number of unbranched alkanes of at least 4 members (excludes halogenated alkanes) is 9. The van der Waals surface area contributed by atoms with Crippen LogP contribution in [0.4, 0.5) is 0 Å². The fourth-order valence-electron chi connectivity index (χ4n) is 2.94. The Morgan fingerprint density at radius 3 is 1.43 bits per heavy atom. The van der Waals surface area contributed by atoms with Gasteiger partial charge in [0.1, 0.15) is 0 Å². The first-order valence-corrected chi connectivity index (χ1v) is 9.24. The van der Waals surface area contributed by atoms with Crippen LogP contribution >= 0.6 is 0 Å². The van der Waals surface area contributed by atoms with Crippen molar-refractivity contribution in [3.63, 3.8) is 0 Å². The van der Waals surface area contributed by atoms with Gasteiger partial charge in [-0.1, -0.05) is 84.5 Å². The topological polar surface area (TPSA) is 78.1 Å². The summed E-state index contributed by atoms with van der Waals surface area (Å²) in [5.74, 6) is 0. The molecule has 0 aliphatic carbocycles. The van der Waals surface area contributed by atoms with Gasteiger partial charge >= 0.3 is 0 Å². The van der Waals surface area contributed by atoms with Gasteiger partial charge in [-0.3, -0.25) is 0 Å². The van der Waals surface area contributed by atoms with Crippen molar-refractivity contribution in [2.24, 2.45) is 17.2 Å². The molecule has 0 heterocycles. The zero-order valence-electron chi connectivity index (χ0n) is 14.9. The SMILES string of the molecule is CCCCCCCCCCCCC(N)(N)C(C)(N)CCC. The fourth-order valence-corrected chi connectivity index (χ4v) is 2.94. The minimum Gasteiger partial charge on any atom is -0.323 e. The van der Waals surface area contributed by atoms with Gasteiger partial charge in [0.15, 0.2) is 0 Å². The van der Waals surface area contributed by atoms with Crippen LogP contribution in [0.1, 0.15) is 104 Å². The van der Waals surface area contributed by atoms with Crippen LogP contribution in [-0.4, -0.2) is 11.2 Å². The van der Waals surface area contributed by atoms with E-state index >= 15 is 0 Å². The van der Waals surface area contributed by atoms with Crippen LogP contribution in [0, 0.1) is 0 Å². The molecule has 0 aromatic carbocycles. The van der Waals surface area contributed by atoms with E-state index in [0.717, 1.165) is 25.7 Å². The van der Waals surface area contributed by atoms with Crippen molar-refractivity contribution < 1.29 is 0 Å². The van der Waals surface area contributed by atoms with Crippen LogP contribution in [-0.2, 0) is 0 Å². The molecule has 0 aliphatic rings. The lowest BCUT2D eigenvalue weighted by molar-refractivity contribution is 0.208. The van der Waals surface area contributed by atoms with Gasteiger partial charge in [-0.2, -0.15) is 0 Å². The first-order chi connectivity index (χ1) is 9.87. The van der Waals surface area contributed by atoms with Gasteiger partial charge < -0.3 is 17.2 Å². The van der Waals surface area contributed by atoms with Gasteiger partial charge in [0, 0.05) is 5.54 Å². The Bertz CT molecular complexity index is 237. The molecule has 21 heavy (non-hydrogen) atoms. The Labute approximate surface area is 133 Å². The highest BCUT2D eigenvalue weighted by atomic mass is 15.0. The first-order valence-electron chi connectivity index (χ1n) is 9.24. The maximum absolute atomic E-state index is 6.28. The van der Waals surface area contributed by atoms with Gasteiger partial charge in [0.2, 0.25) is 0 Å². The van der Waals surface area contributed by atoms with E-state index in [2.05, 4.69) is 13.8 Å². The molecule has 0 spiro atoms. The van der Waals surface area contributed by atoms with Crippen molar-refractivity contribution in [1.29, 1.82) is 0 Å². The predicted octanol–water partition coefficient (Wildman–Crippen LogP) is 4.43. The van der Waals surface area contributed by atoms with Crippen molar-refractivity contribution in [2.75, 3.05) is 0 Å². The minimum absolute atomic E-state index is 0.457. The summed E-state index contributed by atoms with van der Waals surface area (Å²) >= 11 is 0. The van der Waals surface area contributed by atoms with Crippen molar-refractivity contribution in [1.82, 2.24) is 0 Å². The van der Waals surface area contributed by atoms with E-state index in [1.54, 1.807) is 0 Å². The molecule has 0 aromatic heterocycles. The summed E-state index contributed by atoms with van der Waals surface area (Å²) < 4.78 is 0. The number of nitrogens with two attached hydrogens (primary N) is 3. The molecule has 1 atom stereocenters. The first kappa shape index (κ1) is 20.9. The molecular formula is C18H41N3. The summed E-state index contributed by atoms with van der Waals surface area (Å²) in [6, 6.07) is 0. The smallest absolute Gasteiger partial charge is 0.0818 e. The third-order valence-electron chi connectivity index (χ3n) is 4.78. The number of hydrogen-bond donors (Lipinski definition) is 3. The second kappa shape index (κ2) is 11.4. The van der Waals surface area contributed by atoms with E-state index in [1.165, 1.54) is 57.8 Å². The molecule has 0 aromatic rings. The Hall–Kier alpha value is -0.120. The lowest BCUT2D eigenvalue weighted by atomic mass is 9.80. The molecular weight excluding hydrogens is 258 g/mol. The fraction of sp³-hybridized carbons (Fsp3) is 1.00. The van der Waals surface area contributed by atoms with E-state index in [9.17, 15) is 0 Å². The molecule has 0 saturated heterocycles. The Balaban J connectivity index is 3.57. The summed E-state index contributed by atoms with van der Waals surface area (Å²) in [7, 11) is 0. The van der Waals surface area contributed by atoms with Crippen LogP contribution in [0.2, 0.25) is 0 Å². The Morgan fingerprint density at radius 2 is 1.00 bits per heavy atom. The molecule has 1 unspecified atom stereocenters. The summed E-state index contributed by atoms with van der Waals surface area (Å²) in [5.41, 5.74) is 17.6. The third kappa shape index (κ3) is 9.49. The molecule has 0 fully saturated rings. The maximum atomic E-state index is 6.28. The van der Waals surface area contributed by atoms with Gasteiger partial charge in [-0.15, -0.1) is 0 Å². The number of hydrogen-bond acceptors (Lipinski definition) is 3. The third-order valence-corrected chi connectivity index (χ3v) is 4.78. The van der Waals surface area contributed by atoms with E-state index in [-0.39, 0.29) is 0 Å². The highest BCUT2D eigenvalue weighted by Crippen LogP contribution is 2.23. The van der Waals surface area contributed by atoms with Crippen molar-refractivity contribution in [3.05, 3.63) is 0 Å². The largest absolute Gasteiger partial charge is 0.323 e. The van der Waals surface area contributed by atoms with E-state index in [0.29, 0.717) is 0 Å². The summed E-state index contributed by atoms with van der Waals surface area (Å²) in [6.45, 7) is 6.39. The molecule has 0 radical (unpaired) electrons. The van der Waals surface area contributed by atoms with Crippen LogP contribution in [0.5, 0.6) is 0 Å². The van der Waals surface area contributed by atoms with E-state index < -0.39 is 11.2 Å². The minimum atomic E-state index is -0.733. The molecule has 6 N–H and O–H groups in total. The quantitative estimate of drug-likeness (QED) is 0.328. The zero-order valence-corrected chi connectivity index (χ0v) is 14.9. The standard InChI is InChI=1S/C18H41N3/c1-4-6-7-8-9-10-11-12-13-14-16-18(20,21)17(3,19)15-5-2/h4-16,19-21H2,1-3H3. The van der Waals surface area contributed by atoms with Gasteiger partial charge in [-0.25, -0.2) is 0 Å². The molecule has 128 valence electrons. The van der Waals surface area contributed by atoms with E-state index in [1.807, 2.05) is 6.92 Å². The van der Waals surface area contributed by atoms with Crippen molar-refractivity contribution in [2.45, 2.75) is 115 Å². The van der Waals surface area contributed by atoms with Crippen molar-refractivity contribution in [3.8, 4) is 0 Å². The molecule has 3 nitrogen and oxygen atoms in total. The van der Waals surface area contributed by atoms with Crippen LogP contribution in [0.15, 0.2) is 0 Å². The predicted molar refractivity (Wildman–Crippen MR) is 95.1 cm³/mol. The highest BCUT2D eigenvalue weighted by Gasteiger charge is 2.37. The van der Waals surface area contributed by atoms with Crippen LogP contribution < -0.4 is 17.2 Å². The average Bonchev–Trinajstić information content (AvgIpc) is 2.40. The average molecular weight is 300 g/mol. The lowest BCUT2D eigenvalue weighted by Gasteiger charge is -2.41. The summed E-state index contributed by atoms with van der Waals surface area (Å²) in [4.78, 5) is 0. The van der Waals surface area contributed by atoms with Crippen LogP contribution in [0.3, 0.4) is 0 Å². The van der Waals surface area contributed by atoms with Gasteiger partial charge in [-0.05, 0) is 19.8 Å². The molecule has 0 aliphatic heterocycles. The second-order valence-corrected chi connectivity index (χ2v) is 7.14. The monoisotopic (exact) mass is 299 g/mol. The van der Waals surface area contributed by atoms with Crippen LogP contribution in [0.25, 0.3) is 0 Å². The van der Waals surface area contributed by atoms with E-state index in [4.69, 9.17) is 17.2 Å². The summed E-state index contributed by atoms with van der Waals surface area (Å²) in [5, 5.41) is 0. The second-order valence-electron chi connectivity index (χ2n) is 7.14. The lowest BCUT2D eigenvalue weighted by Crippen LogP contribution is -2.69. The normalized spacial score (nSPS) is 15.1. The van der Waals surface area contributed by atoms with Gasteiger partial charge in [0.05, 0.1) is 5.66 Å². The zero-order chi connectivity index (χ0) is 16.2. The Morgan fingerprint density at radius 1 is 0.571 bits per heavy atom. The number of rotatable bonds is 14. The van der Waals surface area contributed by atoms with Gasteiger partial charge in [0.25, 0.3) is 0 Å². The molecule has 0 bridgehead atoms. The molecule has 0 amide bonds. The Kier molecular flexibility index (Phi) is 11.4. The highest BCUT2D eigenvalue weighted by molar-refractivity contribution is 4.99.